The molecule has 6 nitrogen and oxygen atoms in total. The molecule has 0 aliphatic carbocycles. The first-order valence-electron chi connectivity index (χ1n) is 7.61. The molecule has 2 heterocycles. The smallest absolute Gasteiger partial charge is 0.494 e. The number of nitrogens with zero attached hydrogens (tertiary/aromatic N) is 1. The summed E-state index contributed by atoms with van der Waals surface area (Å²) in [7, 11) is 0.574. The molecule has 0 unspecified atom stereocenters. The minimum Gasteiger partial charge on any atom is -0.494 e. The van der Waals surface area contributed by atoms with E-state index in [1.165, 1.54) is 19.4 Å². The number of halogens is 3. The topological polar surface area (TPSA) is 69.7 Å². The third kappa shape index (κ3) is 4.24. The lowest BCUT2D eigenvalue weighted by Crippen LogP contribution is -2.41. The number of amides is 1. The maximum absolute atomic E-state index is 12.2. The summed E-state index contributed by atoms with van der Waals surface area (Å²) < 4.78 is 53.5. The summed E-state index contributed by atoms with van der Waals surface area (Å²) in [6.07, 6.45) is -3.18. The van der Waals surface area contributed by atoms with Crippen LogP contribution in [0.2, 0.25) is 0 Å². The SMILES string of the molecule is COc1cc(B2OC(C)(C)C(C)(C)O2)cnc1C(=O)NCC(F)(F)F. The number of nitrogens with one attached hydrogen (secondary N) is 1. The molecule has 1 fully saturated rings. The molecule has 0 bridgehead atoms. The Morgan fingerprint density at radius 3 is 2.32 bits per heavy atom. The van der Waals surface area contributed by atoms with Crippen LogP contribution in [0.5, 0.6) is 5.75 Å². The highest BCUT2D eigenvalue weighted by Gasteiger charge is 2.52. The zero-order chi connectivity index (χ0) is 19.0. The van der Waals surface area contributed by atoms with Crippen molar-refractivity contribution in [1.82, 2.24) is 10.3 Å². The van der Waals surface area contributed by atoms with Crippen LogP contribution in [0.15, 0.2) is 12.3 Å². The number of hydrogen-bond acceptors (Lipinski definition) is 5. The molecule has 138 valence electrons. The molecule has 1 aliphatic rings. The van der Waals surface area contributed by atoms with E-state index >= 15 is 0 Å². The second-order valence-electron chi connectivity index (χ2n) is 6.71. The molecule has 0 radical (unpaired) electrons. The van der Waals surface area contributed by atoms with Crippen LogP contribution in [-0.2, 0) is 9.31 Å². The Balaban J connectivity index is 2.21. The largest absolute Gasteiger partial charge is 0.496 e. The standard InChI is InChI=1S/C15H20BF3N2O4/c1-13(2)14(3,4)25-16(24-13)9-6-10(23-5)11(20-7-9)12(22)21-8-15(17,18)19/h6-7H,8H2,1-5H3,(H,21,22). The molecule has 0 saturated carbocycles. The summed E-state index contributed by atoms with van der Waals surface area (Å²) in [4.78, 5) is 15.8. The maximum atomic E-state index is 12.2. The normalized spacial score (nSPS) is 19.0. The molecule has 0 atom stereocenters. The van der Waals surface area contributed by atoms with E-state index < -0.39 is 36.9 Å². The summed E-state index contributed by atoms with van der Waals surface area (Å²) in [5.74, 6) is -0.943. The van der Waals surface area contributed by atoms with Crippen LogP contribution in [-0.4, -0.2) is 49.0 Å². The van der Waals surface area contributed by atoms with E-state index in [0.29, 0.717) is 5.46 Å². The minimum atomic E-state index is -4.51. The van der Waals surface area contributed by atoms with Crippen molar-refractivity contribution in [1.29, 1.82) is 0 Å². The van der Waals surface area contributed by atoms with Crippen molar-refractivity contribution >= 4 is 18.5 Å². The van der Waals surface area contributed by atoms with Gasteiger partial charge in [0.05, 0.1) is 18.3 Å². The monoisotopic (exact) mass is 360 g/mol. The van der Waals surface area contributed by atoms with Crippen LogP contribution in [0.3, 0.4) is 0 Å². The first-order chi connectivity index (χ1) is 11.4. The summed E-state index contributed by atoms with van der Waals surface area (Å²) in [6.45, 7) is 6.09. The van der Waals surface area contributed by atoms with Crippen molar-refractivity contribution in [3.8, 4) is 5.75 Å². The predicted octanol–water partition coefficient (Wildman–Crippen LogP) is 1.68. The van der Waals surface area contributed by atoms with Gasteiger partial charge in [-0.15, -0.1) is 0 Å². The molecule has 1 aliphatic heterocycles. The van der Waals surface area contributed by atoms with Gasteiger partial charge in [0, 0.05) is 11.7 Å². The minimum absolute atomic E-state index is 0.0342. The van der Waals surface area contributed by atoms with Gasteiger partial charge in [-0.05, 0) is 33.8 Å². The van der Waals surface area contributed by atoms with Crippen molar-refractivity contribution in [3.05, 3.63) is 18.0 Å². The molecule has 0 aromatic carbocycles. The van der Waals surface area contributed by atoms with Crippen LogP contribution >= 0.6 is 0 Å². The van der Waals surface area contributed by atoms with Gasteiger partial charge in [0.2, 0.25) is 0 Å². The Morgan fingerprint density at radius 2 is 1.84 bits per heavy atom. The van der Waals surface area contributed by atoms with E-state index in [0.717, 1.165) is 0 Å². The average Bonchev–Trinajstić information content (AvgIpc) is 2.71. The number of alkyl halides is 3. The third-order valence-corrected chi connectivity index (χ3v) is 4.28. The first kappa shape index (κ1) is 19.5. The number of carbonyl (C=O) groups excluding carboxylic acids is 1. The Labute approximate surface area is 144 Å². The first-order valence-corrected chi connectivity index (χ1v) is 7.61. The zero-order valence-corrected chi connectivity index (χ0v) is 14.7. The molecule has 10 heteroatoms. The van der Waals surface area contributed by atoms with Crippen molar-refractivity contribution < 1.29 is 32.0 Å². The number of carbonyl (C=O) groups is 1. The van der Waals surface area contributed by atoms with Gasteiger partial charge in [-0.3, -0.25) is 4.79 Å². The molecule has 1 N–H and O–H groups in total. The lowest BCUT2D eigenvalue weighted by molar-refractivity contribution is -0.123. The highest BCUT2D eigenvalue weighted by molar-refractivity contribution is 6.62. The molecule has 25 heavy (non-hydrogen) atoms. The number of ether oxygens (including phenoxy) is 1. The van der Waals surface area contributed by atoms with Gasteiger partial charge >= 0.3 is 13.3 Å². The van der Waals surface area contributed by atoms with Gasteiger partial charge in [-0.25, -0.2) is 4.98 Å². The fraction of sp³-hybridized carbons (Fsp3) is 0.600. The molecular weight excluding hydrogens is 340 g/mol. The highest BCUT2D eigenvalue weighted by Crippen LogP contribution is 2.36. The molecule has 2 rings (SSSR count). The fourth-order valence-electron chi connectivity index (χ4n) is 2.16. The van der Waals surface area contributed by atoms with E-state index in [-0.39, 0.29) is 11.4 Å². The van der Waals surface area contributed by atoms with Gasteiger partial charge in [0.1, 0.15) is 12.3 Å². The van der Waals surface area contributed by atoms with E-state index in [9.17, 15) is 18.0 Å². The summed E-state index contributed by atoms with van der Waals surface area (Å²) >= 11 is 0. The number of aromatic nitrogens is 1. The van der Waals surface area contributed by atoms with Gasteiger partial charge in [-0.2, -0.15) is 13.2 Å². The van der Waals surface area contributed by atoms with Crippen molar-refractivity contribution in [2.75, 3.05) is 13.7 Å². The Kier molecular flexibility index (Phi) is 5.07. The number of pyridine rings is 1. The van der Waals surface area contributed by atoms with Gasteiger partial charge in [-0.1, -0.05) is 0 Å². The Bertz CT molecular complexity index is 649. The molecule has 1 amide bonds. The van der Waals surface area contributed by atoms with Gasteiger partial charge < -0.3 is 19.4 Å². The molecule has 1 aromatic rings. The van der Waals surface area contributed by atoms with E-state index in [2.05, 4.69) is 4.98 Å². The molecule has 1 aromatic heterocycles. The fourth-order valence-corrected chi connectivity index (χ4v) is 2.16. The van der Waals surface area contributed by atoms with Crippen molar-refractivity contribution in [2.45, 2.75) is 45.1 Å². The summed E-state index contributed by atoms with van der Waals surface area (Å²) in [6, 6.07) is 1.47. The number of rotatable bonds is 4. The second kappa shape index (κ2) is 6.49. The van der Waals surface area contributed by atoms with Crippen LogP contribution in [0.4, 0.5) is 13.2 Å². The summed E-state index contributed by atoms with van der Waals surface area (Å²) in [5.41, 5.74) is -0.865. The zero-order valence-electron chi connectivity index (χ0n) is 14.7. The second-order valence-corrected chi connectivity index (χ2v) is 6.71. The quantitative estimate of drug-likeness (QED) is 0.828. The van der Waals surface area contributed by atoms with E-state index in [1.807, 2.05) is 27.7 Å². The van der Waals surface area contributed by atoms with Crippen molar-refractivity contribution in [3.63, 3.8) is 0 Å². The van der Waals surface area contributed by atoms with Crippen LogP contribution in [0.25, 0.3) is 0 Å². The maximum Gasteiger partial charge on any atom is 0.496 e. The van der Waals surface area contributed by atoms with Gasteiger partial charge in [0.15, 0.2) is 5.69 Å². The number of methoxy groups -OCH3 is 1. The highest BCUT2D eigenvalue weighted by atomic mass is 19.4. The third-order valence-electron chi connectivity index (χ3n) is 4.28. The molecule has 0 spiro atoms. The van der Waals surface area contributed by atoms with Crippen LogP contribution < -0.4 is 15.5 Å². The lowest BCUT2D eigenvalue weighted by Gasteiger charge is -2.32. The van der Waals surface area contributed by atoms with Crippen LogP contribution in [0, 0.1) is 0 Å². The van der Waals surface area contributed by atoms with Crippen molar-refractivity contribution in [2.24, 2.45) is 0 Å². The van der Waals surface area contributed by atoms with E-state index in [4.69, 9.17) is 14.0 Å². The van der Waals surface area contributed by atoms with Gasteiger partial charge in [0.25, 0.3) is 5.91 Å². The summed E-state index contributed by atoms with van der Waals surface area (Å²) in [5, 5.41) is 1.76. The predicted molar refractivity (Wildman–Crippen MR) is 84.9 cm³/mol. The number of hydrogen-bond donors (Lipinski definition) is 1. The Hall–Kier alpha value is -1.81. The Morgan fingerprint density at radius 1 is 1.28 bits per heavy atom. The molecule has 1 saturated heterocycles. The average molecular weight is 360 g/mol. The molecular formula is C15H20BF3N2O4. The van der Waals surface area contributed by atoms with Crippen LogP contribution in [0.1, 0.15) is 38.2 Å². The van der Waals surface area contributed by atoms with E-state index in [1.54, 1.807) is 5.32 Å². The lowest BCUT2D eigenvalue weighted by atomic mass is 9.80.